The second-order valence-corrected chi connectivity index (χ2v) is 4.33. The van der Waals surface area contributed by atoms with E-state index >= 15 is 0 Å². The van der Waals surface area contributed by atoms with Gasteiger partial charge in [0.1, 0.15) is 5.54 Å². The first-order chi connectivity index (χ1) is 6.45. The van der Waals surface area contributed by atoms with Crippen LogP contribution in [0.3, 0.4) is 0 Å². The van der Waals surface area contributed by atoms with Gasteiger partial charge < -0.3 is 5.11 Å². The fraction of sp³-hybridized carbons (Fsp3) is 1.00. The third-order valence-corrected chi connectivity index (χ3v) is 3.23. The van der Waals surface area contributed by atoms with Gasteiger partial charge in [-0.3, -0.25) is 5.32 Å². The molecule has 2 unspecified atom stereocenters. The Hall–Kier alpha value is -0.290. The first kappa shape index (κ1) is 10.2. The molecule has 2 nitrogen and oxygen atoms in total. The van der Waals surface area contributed by atoms with Crippen molar-refractivity contribution in [3.63, 3.8) is 0 Å². The molecule has 2 N–H and O–H groups in total. The third kappa shape index (κ3) is 1.63. The molecular formula is C9H14F3NO. The van der Waals surface area contributed by atoms with Gasteiger partial charge in [-0.15, -0.1) is 0 Å². The molecule has 2 rings (SSSR count). The van der Waals surface area contributed by atoms with Crippen molar-refractivity contribution in [1.29, 1.82) is 0 Å². The average molecular weight is 209 g/mol. The summed E-state index contributed by atoms with van der Waals surface area (Å²) in [5, 5.41) is 12.0. The van der Waals surface area contributed by atoms with Gasteiger partial charge in [0.05, 0.1) is 6.10 Å². The summed E-state index contributed by atoms with van der Waals surface area (Å²) in [5.41, 5.74) is -1.68. The average Bonchev–Trinajstić information content (AvgIpc) is 2.73. The van der Waals surface area contributed by atoms with Gasteiger partial charge in [0.25, 0.3) is 0 Å². The molecule has 0 saturated heterocycles. The molecule has 2 atom stereocenters. The highest BCUT2D eigenvalue weighted by Crippen LogP contribution is 2.49. The maximum Gasteiger partial charge on any atom is 0.406 e. The van der Waals surface area contributed by atoms with Crippen molar-refractivity contribution in [2.45, 2.75) is 56.0 Å². The largest absolute Gasteiger partial charge is 0.406 e. The van der Waals surface area contributed by atoms with E-state index in [4.69, 9.17) is 0 Å². The predicted molar refractivity (Wildman–Crippen MR) is 44.8 cm³/mol. The number of halogens is 3. The molecule has 2 saturated carbocycles. The molecule has 2 aliphatic rings. The summed E-state index contributed by atoms with van der Waals surface area (Å²) in [7, 11) is 0. The summed E-state index contributed by atoms with van der Waals surface area (Å²) in [6.45, 7) is 0. The highest BCUT2D eigenvalue weighted by molar-refractivity contribution is 5.10. The van der Waals surface area contributed by atoms with E-state index in [0.29, 0.717) is 12.8 Å². The van der Waals surface area contributed by atoms with Gasteiger partial charge in [0.2, 0.25) is 0 Å². The van der Waals surface area contributed by atoms with Crippen molar-refractivity contribution in [3.8, 4) is 0 Å². The van der Waals surface area contributed by atoms with Crippen molar-refractivity contribution >= 4 is 0 Å². The maximum atomic E-state index is 12.5. The number of hydrogen-bond donors (Lipinski definition) is 2. The van der Waals surface area contributed by atoms with Crippen LogP contribution < -0.4 is 5.32 Å². The minimum atomic E-state index is -4.17. The van der Waals surface area contributed by atoms with Crippen LogP contribution in [0, 0.1) is 0 Å². The summed E-state index contributed by atoms with van der Waals surface area (Å²) >= 11 is 0. The molecule has 0 aromatic heterocycles. The molecule has 5 heteroatoms. The molecule has 2 fully saturated rings. The quantitative estimate of drug-likeness (QED) is 0.723. The molecule has 2 aliphatic carbocycles. The molecule has 0 radical (unpaired) electrons. The number of rotatable bonds is 2. The minimum Gasteiger partial charge on any atom is -0.392 e. The smallest absolute Gasteiger partial charge is 0.392 e. The van der Waals surface area contributed by atoms with Crippen molar-refractivity contribution in [1.82, 2.24) is 5.32 Å². The van der Waals surface area contributed by atoms with E-state index in [0.717, 1.165) is 6.42 Å². The standard InChI is InChI=1S/C9H14F3NO/c10-9(11,12)8(4-5-8)13-6-2-1-3-7(6)14/h6-7,13-14H,1-5H2. The topological polar surface area (TPSA) is 32.3 Å². The van der Waals surface area contributed by atoms with Gasteiger partial charge >= 0.3 is 6.18 Å². The molecule has 0 spiro atoms. The van der Waals surface area contributed by atoms with Crippen LogP contribution in [0.1, 0.15) is 32.1 Å². The fourth-order valence-corrected chi connectivity index (χ4v) is 2.10. The van der Waals surface area contributed by atoms with Crippen LogP contribution in [0.15, 0.2) is 0 Å². The lowest BCUT2D eigenvalue weighted by atomic mass is 10.1. The van der Waals surface area contributed by atoms with Crippen LogP contribution in [-0.4, -0.2) is 29.0 Å². The van der Waals surface area contributed by atoms with Gasteiger partial charge in [-0.05, 0) is 32.1 Å². The first-order valence-electron chi connectivity index (χ1n) is 4.97. The van der Waals surface area contributed by atoms with E-state index in [1.807, 2.05) is 0 Å². The van der Waals surface area contributed by atoms with Crippen LogP contribution in [0.5, 0.6) is 0 Å². The number of nitrogens with one attached hydrogen (secondary N) is 1. The van der Waals surface area contributed by atoms with E-state index in [-0.39, 0.29) is 18.9 Å². The zero-order chi connectivity index (χ0) is 10.4. The summed E-state index contributed by atoms with van der Waals surface area (Å²) in [6, 6.07) is -0.362. The zero-order valence-corrected chi connectivity index (χ0v) is 7.77. The molecule has 0 bridgehead atoms. The minimum absolute atomic E-state index is 0.153. The highest BCUT2D eigenvalue weighted by atomic mass is 19.4. The second kappa shape index (κ2) is 3.10. The fourth-order valence-electron chi connectivity index (χ4n) is 2.10. The van der Waals surface area contributed by atoms with Crippen molar-refractivity contribution < 1.29 is 18.3 Å². The van der Waals surface area contributed by atoms with E-state index in [1.54, 1.807) is 0 Å². The van der Waals surface area contributed by atoms with E-state index in [2.05, 4.69) is 5.32 Å². The van der Waals surface area contributed by atoms with Gasteiger partial charge in [-0.1, -0.05) is 0 Å². The molecule has 0 aliphatic heterocycles. The number of aliphatic hydroxyl groups is 1. The monoisotopic (exact) mass is 209 g/mol. The SMILES string of the molecule is OC1CCCC1NC1(C(F)(F)F)CC1. The number of hydrogen-bond acceptors (Lipinski definition) is 2. The van der Waals surface area contributed by atoms with Gasteiger partial charge in [0, 0.05) is 6.04 Å². The maximum absolute atomic E-state index is 12.5. The Morgan fingerprint density at radius 2 is 1.86 bits per heavy atom. The molecule has 82 valence electrons. The van der Waals surface area contributed by atoms with E-state index in [1.165, 1.54) is 0 Å². The molecule has 14 heavy (non-hydrogen) atoms. The molecule has 0 aromatic rings. The summed E-state index contributed by atoms with van der Waals surface area (Å²) in [5.74, 6) is 0. The van der Waals surface area contributed by atoms with Crippen LogP contribution in [0.4, 0.5) is 13.2 Å². The molecule has 0 heterocycles. The second-order valence-electron chi connectivity index (χ2n) is 4.33. The van der Waals surface area contributed by atoms with Crippen LogP contribution >= 0.6 is 0 Å². The summed E-state index contributed by atoms with van der Waals surface area (Å²) in [4.78, 5) is 0. The highest BCUT2D eigenvalue weighted by Gasteiger charge is 2.64. The number of alkyl halides is 3. The van der Waals surface area contributed by atoms with E-state index < -0.39 is 17.8 Å². The molecule has 0 aromatic carbocycles. The normalized spacial score (nSPS) is 36.0. The van der Waals surface area contributed by atoms with Crippen LogP contribution in [-0.2, 0) is 0 Å². The van der Waals surface area contributed by atoms with Crippen molar-refractivity contribution in [3.05, 3.63) is 0 Å². The van der Waals surface area contributed by atoms with E-state index in [9.17, 15) is 18.3 Å². The van der Waals surface area contributed by atoms with Crippen molar-refractivity contribution in [2.24, 2.45) is 0 Å². The Balaban J connectivity index is 1.97. The molecule has 0 amide bonds. The Bertz CT molecular complexity index is 225. The Kier molecular flexibility index (Phi) is 2.27. The first-order valence-corrected chi connectivity index (χ1v) is 4.97. The van der Waals surface area contributed by atoms with Crippen LogP contribution in [0.25, 0.3) is 0 Å². The van der Waals surface area contributed by atoms with Crippen LogP contribution in [0.2, 0.25) is 0 Å². The van der Waals surface area contributed by atoms with Crippen molar-refractivity contribution in [2.75, 3.05) is 0 Å². The zero-order valence-electron chi connectivity index (χ0n) is 7.77. The Morgan fingerprint density at radius 3 is 2.21 bits per heavy atom. The lowest BCUT2D eigenvalue weighted by Gasteiger charge is -2.26. The number of aliphatic hydroxyl groups excluding tert-OH is 1. The van der Waals surface area contributed by atoms with Gasteiger partial charge in [-0.2, -0.15) is 13.2 Å². The summed E-state index contributed by atoms with van der Waals surface area (Å²) < 4.78 is 37.6. The van der Waals surface area contributed by atoms with Gasteiger partial charge in [0.15, 0.2) is 0 Å². The summed E-state index contributed by atoms with van der Waals surface area (Å²) in [6.07, 6.45) is -2.39. The Labute approximate surface area is 80.5 Å². The van der Waals surface area contributed by atoms with Gasteiger partial charge in [-0.25, -0.2) is 0 Å². The Morgan fingerprint density at radius 1 is 1.21 bits per heavy atom. The lowest BCUT2D eigenvalue weighted by Crippen LogP contribution is -2.52. The lowest BCUT2D eigenvalue weighted by molar-refractivity contribution is -0.169. The third-order valence-electron chi connectivity index (χ3n) is 3.23. The predicted octanol–water partition coefficient (Wildman–Crippen LogP) is 1.58. The molecular weight excluding hydrogens is 195 g/mol.